The number of rotatable bonds is 3. The SMILES string of the molecule is CNC1(c2cc(C)ccc2OC)COC1. The molecule has 0 bridgehead atoms. The molecule has 1 fully saturated rings. The zero-order valence-corrected chi connectivity index (χ0v) is 9.46. The highest BCUT2D eigenvalue weighted by molar-refractivity contribution is 5.43. The van der Waals surface area contributed by atoms with E-state index in [2.05, 4.69) is 24.4 Å². The van der Waals surface area contributed by atoms with Crippen molar-refractivity contribution in [2.24, 2.45) is 0 Å². The highest BCUT2D eigenvalue weighted by atomic mass is 16.5. The van der Waals surface area contributed by atoms with Crippen LogP contribution < -0.4 is 10.1 Å². The van der Waals surface area contributed by atoms with E-state index < -0.39 is 0 Å². The number of ether oxygens (including phenoxy) is 2. The molecule has 0 radical (unpaired) electrons. The maximum Gasteiger partial charge on any atom is 0.124 e. The van der Waals surface area contributed by atoms with Gasteiger partial charge >= 0.3 is 0 Å². The van der Waals surface area contributed by atoms with Gasteiger partial charge in [0, 0.05) is 5.56 Å². The lowest BCUT2D eigenvalue weighted by Gasteiger charge is -2.42. The molecule has 82 valence electrons. The van der Waals surface area contributed by atoms with Gasteiger partial charge in [0.05, 0.1) is 25.9 Å². The van der Waals surface area contributed by atoms with Gasteiger partial charge in [0.25, 0.3) is 0 Å². The molecule has 2 rings (SSSR count). The Morgan fingerprint density at radius 3 is 2.60 bits per heavy atom. The molecule has 0 saturated carbocycles. The summed E-state index contributed by atoms with van der Waals surface area (Å²) in [6.07, 6.45) is 0. The van der Waals surface area contributed by atoms with Crippen molar-refractivity contribution < 1.29 is 9.47 Å². The van der Waals surface area contributed by atoms with Gasteiger partial charge in [-0.1, -0.05) is 17.7 Å². The van der Waals surface area contributed by atoms with Crippen LogP contribution in [0.25, 0.3) is 0 Å². The Kier molecular flexibility index (Phi) is 2.67. The highest BCUT2D eigenvalue weighted by Crippen LogP contribution is 2.35. The van der Waals surface area contributed by atoms with E-state index in [9.17, 15) is 0 Å². The van der Waals surface area contributed by atoms with Gasteiger partial charge in [0.2, 0.25) is 0 Å². The smallest absolute Gasteiger partial charge is 0.124 e. The molecular formula is C12H17NO2. The zero-order valence-electron chi connectivity index (χ0n) is 9.46. The Hall–Kier alpha value is -1.06. The maximum atomic E-state index is 5.39. The molecule has 1 aliphatic heterocycles. The lowest BCUT2D eigenvalue weighted by molar-refractivity contribution is -0.0756. The van der Waals surface area contributed by atoms with Crippen molar-refractivity contribution in [3.8, 4) is 5.75 Å². The van der Waals surface area contributed by atoms with Crippen LogP contribution in [0.15, 0.2) is 18.2 Å². The molecule has 0 amide bonds. The summed E-state index contributed by atoms with van der Waals surface area (Å²) in [5.41, 5.74) is 2.38. The van der Waals surface area contributed by atoms with E-state index in [4.69, 9.17) is 9.47 Å². The average molecular weight is 207 g/mol. The van der Waals surface area contributed by atoms with Crippen molar-refractivity contribution in [1.29, 1.82) is 0 Å². The standard InChI is InChI=1S/C12H17NO2/c1-9-4-5-11(14-3)10(6-9)12(13-2)7-15-8-12/h4-6,13H,7-8H2,1-3H3. The van der Waals surface area contributed by atoms with E-state index >= 15 is 0 Å². The van der Waals surface area contributed by atoms with E-state index in [1.165, 1.54) is 11.1 Å². The van der Waals surface area contributed by atoms with Crippen LogP contribution in [0.3, 0.4) is 0 Å². The number of likely N-dealkylation sites (N-methyl/N-ethyl adjacent to an activating group) is 1. The van der Waals surface area contributed by atoms with Gasteiger partial charge in [-0.25, -0.2) is 0 Å². The Morgan fingerprint density at radius 1 is 1.40 bits per heavy atom. The second-order valence-corrected chi connectivity index (χ2v) is 4.03. The van der Waals surface area contributed by atoms with Gasteiger partial charge in [0.1, 0.15) is 5.75 Å². The molecule has 1 heterocycles. The number of hydrogen-bond donors (Lipinski definition) is 1. The number of benzene rings is 1. The second kappa shape index (κ2) is 3.83. The Morgan fingerprint density at radius 2 is 2.13 bits per heavy atom. The normalized spacial score (nSPS) is 18.3. The lowest BCUT2D eigenvalue weighted by atomic mass is 9.86. The summed E-state index contributed by atoms with van der Waals surface area (Å²) in [5, 5.41) is 3.33. The van der Waals surface area contributed by atoms with Crippen molar-refractivity contribution in [3.63, 3.8) is 0 Å². The van der Waals surface area contributed by atoms with Crippen LogP contribution in [-0.4, -0.2) is 27.4 Å². The Bertz CT molecular complexity index is 353. The molecule has 15 heavy (non-hydrogen) atoms. The van der Waals surface area contributed by atoms with E-state index in [0.717, 1.165) is 5.75 Å². The molecule has 0 aromatic heterocycles. The molecule has 3 nitrogen and oxygen atoms in total. The van der Waals surface area contributed by atoms with Crippen molar-refractivity contribution in [2.45, 2.75) is 12.5 Å². The largest absolute Gasteiger partial charge is 0.496 e. The summed E-state index contributed by atoms with van der Waals surface area (Å²) in [5.74, 6) is 0.929. The first-order chi connectivity index (χ1) is 7.22. The van der Waals surface area contributed by atoms with Crippen LogP contribution in [0.5, 0.6) is 5.75 Å². The predicted molar refractivity (Wildman–Crippen MR) is 59.3 cm³/mol. The van der Waals surface area contributed by atoms with E-state index in [-0.39, 0.29) is 5.54 Å². The van der Waals surface area contributed by atoms with E-state index in [1.54, 1.807) is 7.11 Å². The van der Waals surface area contributed by atoms with Gasteiger partial charge in [-0.15, -0.1) is 0 Å². The summed E-state index contributed by atoms with van der Waals surface area (Å²) in [6.45, 7) is 3.51. The molecule has 0 aliphatic carbocycles. The molecule has 1 N–H and O–H groups in total. The molecular weight excluding hydrogens is 190 g/mol. The second-order valence-electron chi connectivity index (χ2n) is 4.03. The molecule has 0 atom stereocenters. The quantitative estimate of drug-likeness (QED) is 0.813. The number of aryl methyl sites for hydroxylation is 1. The molecule has 1 aromatic carbocycles. The third-order valence-corrected chi connectivity index (χ3v) is 3.05. The summed E-state index contributed by atoms with van der Waals surface area (Å²) >= 11 is 0. The Labute approximate surface area is 90.4 Å². The van der Waals surface area contributed by atoms with Crippen LogP contribution in [0.1, 0.15) is 11.1 Å². The van der Waals surface area contributed by atoms with Crippen LogP contribution in [0.2, 0.25) is 0 Å². The summed E-state index contributed by atoms with van der Waals surface area (Å²) in [6, 6.07) is 6.24. The van der Waals surface area contributed by atoms with Crippen molar-refractivity contribution in [2.75, 3.05) is 27.4 Å². The third-order valence-electron chi connectivity index (χ3n) is 3.05. The first-order valence-corrected chi connectivity index (χ1v) is 5.13. The third kappa shape index (κ3) is 1.62. The van der Waals surface area contributed by atoms with Crippen LogP contribution >= 0.6 is 0 Å². The fraction of sp³-hybridized carbons (Fsp3) is 0.500. The molecule has 3 heteroatoms. The average Bonchev–Trinajstić information content (AvgIpc) is 2.17. The molecule has 1 aliphatic rings. The lowest BCUT2D eigenvalue weighted by Crippen LogP contribution is -2.56. The number of nitrogens with one attached hydrogen (secondary N) is 1. The van der Waals surface area contributed by atoms with Crippen molar-refractivity contribution in [1.82, 2.24) is 5.32 Å². The van der Waals surface area contributed by atoms with E-state index in [1.807, 2.05) is 13.1 Å². The summed E-state index contributed by atoms with van der Waals surface area (Å²) in [4.78, 5) is 0. The summed E-state index contributed by atoms with van der Waals surface area (Å²) in [7, 11) is 3.67. The highest BCUT2D eigenvalue weighted by Gasteiger charge is 2.40. The van der Waals surface area contributed by atoms with Crippen LogP contribution in [0.4, 0.5) is 0 Å². The monoisotopic (exact) mass is 207 g/mol. The first-order valence-electron chi connectivity index (χ1n) is 5.13. The fourth-order valence-electron chi connectivity index (χ4n) is 1.94. The first kappa shape index (κ1) is 10.5. The van der Waals surface area contributed by atoms with Gasteiger partial charge in [-0.3, -0.25) is 0 Å². The van der Waals surface area contributed by atoms with Crippen LogP contribution in [0, 0.1) is 6.92 Å². The fourth-order valence-corrected chi connectivity index (χ4v) is 1.94. The summed E-state index contributed by atoms with van der Waals surface area (Å²) < 4.78 is 10.7. The minimum Gasteiger partial charge on any atom is -0.496 e. The van der Waals surface area contributed by atoms with Gasteiger partial charge in [0.15, 0.2) is 0 Å². The zero-order chi connectivity index (χ0) is 10.9. The Balaban J connectivity index is 2.44. The van der Waals surface area contributed by atoms with Crippen LogP contribution in [-0.2, 0) is 10.3 Å². The molecule has 0 unspecified atom stereocenters. The van der Waals surface area contributed by atoms with Gasteiger partial charge < -0.3 is 14.8 Å². The molecule has 1 aromatic rings. The van der Waals surface area contributed by atoms with Gasteiger partial charge in [-0.05, 0) is 20.0 Å². The van der Waals surface area contributed by atoms with Gasteiger partial charge in [-0.2, -0.15) is 0 Å². The maximum absolute atomic E-state index is 5.39. The number of hydrogen-bond acceptors (Lipinski definition) is 3. The van der Waals surface area contributed by atoms with Crippen molar-refractivity contribution >= 4 is 0 Å². The molecule has 1 saturated heterocycles. The minimum atomic E-state index is -0.0582. The van der Waals surface area contributed by atoms with E-state index in [0.29, 0.717) is 13.2 Å². The number of methoxy groups -OCH3 is 1. The molecule has 0 spiro atoms. The van der Waals surface area contributed by atoms with Crippen molar-refractivity contribution in [3.05, 3.63) is 29.3 Å². The topological polar surface area (TPSA) is 30.5 Å². The predicted octanol–water partition coefficient (Wildman–Crippen LogP) is 1.45. The minimum absolute atomic E-state index is 0.0582.